The maximum atomic E-state index is 11.6. The molecule has 6 heteroatoms. The van der Waals surface area contributed by atoms with Gasteiger partial charge in [0.2, 0.25) is 5.91 Å². The lowest BCUT2D eigenvalue weighted by Gasteiger charge is -2.20. The second-order valence-corrected chi connectivity index (χ2v) is 5.75. The Morgan fingerprint density at radius 2 is 1.88 bits per heavy atom. The number of hydrogen-bond acceptors (Lipinski definition) is 4. The molecule has 3 aromatic rings. The summed E-state index contributed by atoms with van der Waals surface area (Å²) < 4.78 is 12.3. The Balaban J connectivity index is 2.14. The van der Waals surface area contributed by atoms with Gasteiger partial charge in [0.25, 0.3) is 0 Å². The standard InChI is InChI=1S/C19H20N2O4/c1-24-16-8-7-12(9-17(16)25-2)15(10-18(20)22)21-11-13-5-3-4-6-14(13)19(21)23/h3-9,11,15,23H,10H2,1-2H3,(H2,20,22)/t15-/m1/s1. The SMILES string of the molecule is COc1ccc([C@@H](CC(N)=O)n2cc3ccccc3c2O)cc1OC. The van der Waals surface area contributed by atoms with Crippen LogP contribution in [0.3, 0.4) is 0 Å². The molecular weight excluding hydrogens is 320 g/mol. The predicted molar refractivity (Wildman–Crippen MR) is 95.1 cm³/mol. The Kier molecular flexibility index (Phi) is 4.52. The maximum Gasteiger partial charge on any atom is 0.219 e. The molecule has 0 aliphatic carbocycles. The van der Waals surface area contributed by atoms with E-state index in [0.29, 0.717) is 11.5 Å². The minimum Gasteiger partial charge on any atom is -0.494 e. The third-order valence-corrected chi connectivity index (χ3v) is 4.25. The Morgan fingerprint density at radius 3 is 2.52 bits per heavy atom. The summed E-state index contributed by atoms with van der Waals surface area (Å²) in [7, 11) is 3.11. The van der Waals surface area contributed by atoms with Gasteiger partial charge >= 0.3 is 0 Å². The number of aromatic nitrogens is 1. The zero-order valence-corrected chi connectivity index (χ0v) is 14.1. The van der Waals surface area contributed by atoms with Gasteiger partial charge in [-0.1, -0.05) is 24.3 Å². The number of hydrogen-bond donors (Lipinski definition) is 2. The molecular formula is C19H20N2O4. The van der Waals surface area contributed by atoms with E-state index in [1.807, 2.05) is 36.5 Å². The van der Waals surface area contributed by atoms with Crippen molar-refractivity contribution >= 4 is 16.7 Å². The third kappa shape index (κ3) is 3.10. The number of nitrogens with zero attached hydrogens (tertiary/aromatic N) is 1. The summed E-state index contributed by atoms with van der Waals surface area (Å²) in [5, 5.41) is 12.2. The molecule has 0 saturated carbocycles. The average Bonchev–Trinajstić information content (AvgIpc) is 2.96. The molecule has 0 bridgehead atoms. The third-order valence-electron chi connectivity index (χ3n) is 4.25. The molecule has 0 unspecified atom stereocenters. The Labute approximate surface area is 145 Å². The molecule has 6 nitrogen and oxygen atoms in total. The molecule has 0 radical (unpaired) electrons. The van der Waals surface area contributed by atoms with Crippen LogP contribution in [0, 0.1) is 0 Å². The zero-order valence-electron chi connectivity index (χ0n) is 14.1. The molecule has 3 rings (SSSR count). The van der Waals surface area contributed by atoms with Crippen molar-refractivity contribution in [2.24, 2.45) is 5.73 Å². The van der Waals surface area contributed by atoms with Crippen molar-refractivity contribution in [1.82, 2.24) is 4.57 Å². The molecule has 130 valence electrons. The highest BCUT2D eigenvalue weighted by molar-refractivity contribution is 5.88. The van der Waals surface area contributed by atoms with Crippen LogP contribution in [0.5, 0.6) is 17.4 Å². The van der Waals surface area contributed by atoms with Crippen LogP contribution in [0.2, 0.25) is 0 Å². The first kappa shape index (κ1) is 16.7. The van der Waals surface area contributed by atoms with Gasteiger partial charge in [-0.2, -0.15) is 0 Å². The summed E-state index contributed by atoms with van der Waals surface area (Å²) in [6.45, 7) is 0. The fraction of sp³-hybridized carbons (Fsp3) is 0.211. The predicted octanol–water partition coefficient (Wildman–Crippen LogP) is 2.83. The average molecular weight is 340 g/mol. The Hall–Kier alpha value is -3.15. The molecule has 1 amide bonds. The molecule has 3 N–H and O–H groups in total. The minimum absolute atomic E-state index is 0.0457. The van der Waals surface area contributed by atoms with Crippen molar-refractivity contribution in [2.45, 2.75) is 12.5 Å². The van der Waals surface area contributed by atoms with Gasteiger partial charge in [-0.15, -0.1) is 0 Å². The number of carbonyl (C=O) groups is 1. The number of primary amides is 1. The summed E-state index contributed by atoms with van der Waals surface area (Å²) >= 11 is 0. The van der Waals surface area contributed by atoms with Crippen LogP contribution in [0.25, 0.3) is 10.8 Å². The monoisotopic (exact) mass is 340 g/mol. The fourth-order valence-electron chi connectivity index (χ4n) is 3.03. The normalized spacial score (nSPS) is 12.1. The molecule has 0 aliphatic rings. The van der Waals surface area contributed by atoms with E-state index >= 15 is 0 Å². The smallest absolute Gasteiger partial charge is 0.219 e. The van der Waals surface area contributed by atoms with Crippen LogP contribution < -0.4 is 15.2 Å². The first-order valence-corrected chi connectivity index (χ1v) is 7.84. The van der Waals surface area contributed by atoms with Gasteiger partial charge in [-0.3, -0.25) is 4.79 Å². The number of nitrogens with two attached hydrogens (primary N) is 1. The number of methoxy groups -OCH3 is 2. The first-order chi connectivity index (χ1) is 12.0. The summed E-state index contributed by atoms with van der Waals surface area (Å²) in [6, 6.07) is 12.4. The molecule has 25 heavy (non-hydrogen) atoms. The zero-order chi connectivity index (χ0) is 18.0. The van der Waals surface area contributed by atoms with Crippen molar-refractivity contribution in [3.63, 3.8) is 0 Å². The highest BCUT2D eigenvalue weighted by atomic mass is 16.5. The lowest BCUT2D eigenvalue weighted by Crippen LogP contribution is -2.20. The number of amides is 1. The lowest BCUT2D eigenvalue weighted by molar-refractivity contribution is -0.118. The maximum absolute atomic E-state index is 11.6. The summed E-state index contributed by atoms with van der Waals surface area (Å²) in [6.07, 6.45) is 1.86. The molecule has 0 saturated heterocycles. The van der Waals surface area contributed by atoms with Crippen molar-refractivity contribution in [3.05, 3.63) is 54.2 Å². The lowest BCUT2D eigenvalue weighted by atomic mass is 10.0. The largest absolute Gasteiger partial charge is 0.494 e. The summed E-state index contributed by atoms with van der Waals surface area (Å²) in [4.78, 5) is 11.6. The van der Waals surface area contributed by atoms with Crippen LogP contribution in [0.1, 0.15) is 18.0 Å². The number of carbonyl (C=O) groups excluding carboxylic acids is 1. The minimum atomic E-state index is -0.461. The number of aromatic hydroxyl groups is 1. The van der Waals surface area contributed by atoms with E-state index in [1.54, 1.807) is 30.9 Å². The number of fused-ring (bicyclic) bond motifs is 1. The van der Waals surface area contributed by atoms with E-state index < -0.39 is 11.9 Å². The number of ether oxygens (including phenoxy) is 2. The molecule has 1 aromatic heterocycles. The topological polar surface area (TPSA) is 86.7 Å². The van der Waals surface area contributed by atoms with Gasteiger partial charge in [-0.25, -0.2) is 0 Å². The van der Waals surface area contributed by atoms with Gasteiger partial charge in [0, 0.05) is 17.0 Å². The first-order valence-electron chi connectivity index (χ1n) is 7.84. The number of rotatable bonds is 6. The molecule has 1 heterocycles. The van der Waals surface area contributed by atoms with Crippen LogP contribution in [-0.2, 0) is 4.79 Å². The van der Waals surface area contributed by atoms with Crippen molar-refractivity contribution < 1.29 is 19.4 Å². The van der Waals surface area contributed by atoms with Gasteiger partial charge in [0.05, 0.1) is 26.7 Å². The van der Waals surface area contributed by atoms with Gasteiger partial charge in [0.1, 0.15) is 0 Å². The Morgan fingerprint density at radius 1 is 1.16 bits per heavy atom. The summed E-state index contributed by atoms with van der Waals surface area (Å²) in [5.74, 6) is 0.769. The summed E-state index contributed by atoms with van der Waals surface area (Å²) in [5.41, 5.74) is 6.23. The van der Waals surface area contributed by atoms with Crippen LogP contribution >= 0.6 is 0 Å². The Bertz CT molecular complexity index is 917. The van der Waals surface area contributed by atoms with E-state index in [-0.39, 0.29) is 12.3 Å². The fourth-order valence-corrected chi connectivity index (χ4v) is 3.03. The van der Waals surface area contributed by atoms with Crippen LogP contribution in [-0.4, -0.2) is 29.8 Å². The van der Waals surface area contributed by atoms with Gasteiger partial charge in [-0.05, 0) is 23.8 Å². The second kappa shape index (κ2) is 6.76. The van der Waals surface area contributed by atoms with Crippen molar-refractivity contribution in [1.29, 1.82) is 0 Å². The van der Waals surface area contributed by atoms with E-state index in [9.17, 15) is 9.90 Å². The quantitative estimate of drug-likeness (QED) is 0.722. The molecule has 0 fully saturated rings. The van der Waals surface area contributed by atoms with Crippen LogP contribution in [0.4, 0.5) is 0 Å². The molecule has 0 spiro atoms. The van der Waals surface area contributed by atoms with Crippen molar-refractivity contribution in [3.8, 4) is 17.4 Å². The highest BCUT2D eigenvalue weighted by Gasteiger charge is 2.22. The van der Waals surface area contributed by atoms with Gasteiger partial charge < -0.3 is 24.9 Å². The second-order valence-electron chi connectivity index (χ2n) is 5.75. The van der Waals surface area contributed by atoms with Crippen molar-refractivity contribution in [2.75, 3.05) is 14.2 Å². The highest BCUT2D eigenvalue weighted by Crippen LogP contribution is 2.37. The van der Waals surface area contributed by atoms with E-state index in [1.165, 1.54) is 0 Å². The number of benzene rings is 2. The van der Waals surface area contributed by atoms with E-state index in [4.69, 9.17) is 15.2 Å². The molecule has 2 aromatic carbocycles. The molecule has 0 aliphatic heterocycles. The van der Waals surface area contributed by atoms with Gasteiger partial charge in [0.15, 0.2) is 17.4 Å². The van der Waals surface area contributed by atoms with E-state index in [0.717, 1.165) is 16.3 Å². The van der Waals surface area contributed by atoms with Crippen LogP contribution in [0.15, 0.2) is 48.7 Å². The molecule has 1 atom stereocenters. The van der Waals surface area contributed by atoms with E-state index in [2.05, 4.69) is 0 Å².